The van der Waals surface area contributed by atoms with Crippen molar-refractivity contribution in [3.05, 3.63) is 71.1 Å². The van der Waals surface area contributed by atoms with Gasteiger partial charge in [-0.25, -0.2) is 4.99 Å². The summed E-state index contributed by atoms with van der Waals surface area (Å²) >= 11 is 1.31. The molecule has 6 heteroatoms. The van der Waals surface area contributed by atoms with Gasteiger partial charge in [0.05, 0.1) is 24.8 Å². The first-order valence-electron chi connectivity index (χ1n) is 8.67. The van der Waals surface area contributed by atoms with Crippen molar-refractivity contribution in [2.45, 2.75) is 0 Å². The van der Waals surface area contributed by atoms with Crippen LogP contribution in [0.1, 0.15) is 5.56 Å². The Morgan fingerprint density at radius 2 is 1.79 bits per heavy atom. The number of nitrogens with zero attached hydrogens (tertiary/aromatic N) is 1. The molecule has 1 aliphatic rings. The van der Waals surface area contributed by atoms with Gasteiger partial charge in [-0.3, -0.25) is 4.79 Å². The van der Waals surface area contributed by atoms with E-state index in [1.54, 1.807) is 14.2 Å². The molecule has 28 heavy (non-hydrogen) atoms. The van der Waals surface area contributed by atoms with Crippen molar-refractivity contribution >= 4 is 45.4 Å². The van der Waals surface area contributed by atoms with E-state index >= 15 is 0 Å². The fourth-order valence-electron chi connectivity index (χ4n) is 2.99. The molecule has 0 aromatic heterocycles. The highest BCUT2D eigenvalue weighted by molar-refractivity contribution is 8.18. The second-order valence-electron chi connectivity index (χ2n) is 6.09. The quantitative estimate of drug-likeness (QED) is 0.653. The van der Waals surface area contributed by atoms with Crippen molar-refractivity contribution in [3.63, 3.8) is 0 Å². The van der Waals surface area contributed by atoms with Crippen molar-refractivity contribution in [1.29, 1.82) is 0 Å². The van der Waals surface area contributed by atoms with Gasteiger partial charge >= 0.3 is 0 Å². The molecule has 0 spiro atoms. The van der Waals surface area contributed by atoms with E-state index in [0.29, 0.717) is 15.8 Å². The Balaban J connectivity index is 1.77. The Kier molecular flexibility index (Phi) is 5.04. The highest BCUT2D eigenvalue weighted by Gasteiger charge is 2.24. The topological polar surface area (TPSA) is 59.9 Å². The molecule has 4 rings (SSSR count). The standard InChI is InChI=1S/C22H18N2O3S/c1-26-16-10-8-14-9-11-19(27-2)18(17(14)12-16)13-20-21(25)24-22(28-20)23-15-6-4-3-5-7-15/h3-13H,1-2H3,(H,23,24,25)/b20-13+. The molecule has 1 N–H and O–H groups in total. The first kappa shape index (κ1) is 18.1. The largest absolute Gasteiger partial charge is 0.497 e. The predicted octanol–water partition coefficient (Wildman–Crippen LogP) is 4.75. The van der Waals surface area contributed by atoms with Crippen LogP contribution in [0.3, 0.4) is 0 Å². The summed E-state index contributed by atoms with van der Waals surface area (Å²) in [7, 11) is 3.25. The SMILES string of the molecule is COc1ccc2ccc(OC)c(/C=C3/SC(=Nc4ccccc4)NC3=O)c2c1. The summed E-state index contributed by atoms with van der Waals surface area (Å²) in [6, 6.07) is 19.3. The Bertz CT molecular complexity index is 1100. The van der Waals surface area contributed by atoms with Crippen molar-refractivity contribution in [1.82, 2.24) is 5.32 Å². The van der Waals surface area contributed by atoms with Crippen molar-refractivity contribution in [3.8, 4) is 11.5 Å². The van der Waals surface area contributed by atoms with Gasteiger partial charge in [0.2, 0.25) is 0 Å². The summed E-state index contributed by atoms with van der Waals surface area (Å²) in [6.45, 7) is 0. The fraction of sp³-hybridized carbons (Fsp3) is 0.0909. The van der Waals surface area contributed by atoms with Crippen LogP contribution in [0.15, 0.2) is 70.6 Å². The van der Waals surface area contributed by atoms with Crippen LogP contribution in [-0.2, 0) is 4.79 Å². The van der Waals surface area contributed by atoms with Gasteiger partial charge in [-0.05, 0) is 58.9 Å². The summed E-state index contributed by atoms with van der Waals surface area (Å²) < 4.78 is 10.9. The first-order valence-corrected chi connectivity index (χ1v) is 9.49. The average molecular weight is 390 g/mol. The lowest BCUT2D eigenvalue weighted by Crippen LogP contribution is -2.19. The number of nitrogens with one attached hydrogen (secondary N) is 1. The fourth-order valence-corrected chi connectivity index (χ4v) is 3.81. The predicted molar refractivity (Wildman–Crippen MR) is 114 cm³/mol. The van der Waals surface area contributed by atoms with Gasteiger partial charge in [0.1, 0.15) is 11.5 Å². The molecule has 0 saturated carbocycles. The highest BCUT2D eigenvalue weighted by Crippen LogP contribution is 2.35. The second-order valence-corrected chi connectivity index (χ2v) is 7.12. The molecule has 1 fully saturated rings. The van der Waals surface area contributed by atoms with Gasteiger partial charge < -0.3 is 14.8 Å². The molecular weight excluding hydrogens is 372 g/mol. The monoisotopic (exact) mass is 390 g/mol. The van der Waals surface area contributed by atoms with Crippen molar-refractivity contribution < 1.29 is 14.3 Å². The van der Waals surface area contributed by atoms with E-state index in [0.717, 1.165) is 27.8 Å². The summed E-state index contributed by atoms with van der Waals surface area (Å²) in [4.78, 5) is 17.5. The Morgan fingerprint density at radius 1 is 1.00 bits per heavy atom. The number of amides is 1. The normalized spacial score (nSPS) is 16.6. The number of rotatable bonds is 4. The summed E-state index contributed by atoms with van der Waals surface area (Å²) in [5.41, 5.74) is 1.62. The number of carbonyl (C=O) groups excluding carboxylic acids is 1. The van der Waals surface area contributed by atoms with Gasteiger partial charge in [-0.2, -0.15) is 0 Å². The minimum absolute atomic E-state index is 0.179. The molecule has 1 amide bonds. The van der Waals surface area contributed by atoms with Crippen LogP contribution < -0.4 is 14.8 Å². The first-order chi connectivity index (χ1) is 13.7. The number of para-hydroxylation sites is 1. The van der Waals surface area contributed by atoms with Gasteiger partial charge in [0, 0.05) is 5.56 Å². The van der Waals surface area contributed by atoms with Gasteiger partial charge in [0.15, 0.2) is 5.17 Å². The van der Waals surface area contributed by atoms with E-state index in [9.17, 15) is 4.79 Å². The van der Waals surface area contributed by atoms with E-state index in [-0.39, 0.29) is 5.91 Å². The molecule has 0 atom stereocenters. The molecule has 0 unspecified atom stereocenters. The molecule has 5 nitrogen and oxygen atoms in total. The Labute approximate surface area is 167 Å². The Morgan fingerprint density at radius 3 is 2.54 bits per heavy atom. The number of hydrogen-bond acceptors (Lipinski definition) is 5. The van der Waals surface area contributed by atoms with E-state index in [1.807, 2.05) is 66.7 Å². The molecule has 3 aromatic rings. The number of aliphatic imine (C=N–C) groups is 1. The number of fused-ring (bicyclic) bond motifs is 1. The molecular formula is C22H18N2O3S. The van der Waals surface area contributed by atoms with Crippen LogP contribution in [-0.4, -0.2) is 25.3 Å². The van der Waals surface area contributed by atoms with Crippen molar-refractivity contribution in [2.75, 3.05) is 14.2 Å². The zero-order valence-electron chi connectivity index (χ0n) is 15.4. The van der Waals surface area contributed by atoms with Crippen molar-refractivity contribution in [2.24, 2.45) is 4.99 Å². The number of hydrogen-bond donors (Lipinski definition) is 1. The number of amidine groups is 1. The lowest BCUT2D eigenvalue weighted by molar-refractivity contribution is -0.115. The van der Waals surface area contributed by atoms with Gasteiger partial charge in [0.25, 0.3) is 5.91 Å². The van der Waals surface area contributed by atoms with Crippen LogP contribution in [0.4, 0.5) is 5.69 Å². The van der Waals surface area contributed by atoms with E-state index in [2.05, 4.69) is 10.3 Å². The third-order valence-electron chi connectivity index (χ3n) is 4.36. The molecule has 140 valence electrons. The summed E-state index contributed by atoms with van der Waals surface area (Å²) in [5, 5.41) is 5.36. The molecule has 0 bridgehead atoms. The van der Waals surface area contributed by atoms with Gasteiger partial charge in [-0.15, -0.1) is 0 Å². The maximum atomic E-state index is 12.5. The number of thioether (sulfide) groups is 1. The van der Waals surface area contributed by atoms with E-state index < -0.39 is 0 Å². The van der Waals surface area contributed by atoms with Crippen LogP contribution in [0.2, 0.25) is 0 Å². The second kappa shape index (κ2) is 7.78. The summed E-state index contributed by atoms with van der Waals surface area (Å²) in [6.07, 6.45) is 1.84. The molecule has 0 aliphatic carbocycles. The number of methoxy groups -OCH3 is 2. The maximum Gasteiger partial charge on any atom is 0.264 e. The lowest BCUT2D eigenvalue weighted by atomic mass is 10.0. The lowest BCUT2D eigenvalue weighted by Gasteiger charge is -2.10. The third-order valence-corrected chi connectivity index (χ3v) is 5.27. The van der Waals surface area contributed by atoms with E-state index in [4.69, 9.17) is 9.47 Å². The summed E-state index contributed by atoms with van der Waals surface area (Å²) in [5.74, 6) is 1.26. The minimum atomic E-state index is -0.179. The van der Waals surface area contributed by atoms with Crippen LogP contribution in [0.25, 0.3) is 16.8 Å². The number of carbonyl (C=O) groups is 1. The average Bonchev–Trinajstić information content (AvgIpc) is 3.07. The van der Waals surface area contributed by atoms with Crippen LogP contribution >= 0.6 is 11.8 Å². The van der Waals surface area contributed by atoms with E-state index in [1.165, 1.54) is 11.8 Å². The highest BCUT2D eigenvalue weighted by atomic mass is 32.2. The molecule has 3 aromatic carbocycles. The minimum Gasteiger partial charge on any atom is -0.497 e. The number of benzene rings is 3. The van der Waals surface area contributed by atoms with Crippen LogP contribution in [0.5, 0.6) is 11.5 Å². The third kappa shape index (κ3) is 3.59. The molecule has 1 aliphatic heterocycles. The maximum absolute atomic E-state index is 12.5. The van der Waals surface area contributed by atoms with Gasteiger partial charge in [-0.1, -0.05) is 30.3 Å². The molecule has 1 saturated heterocycles. The Hall–Kier alpha value is -3.25. The number of ether oxygens (including phenoxy) is 2. The smallest absolute Gasteiger partial charge is 0.264 e. The molecule has 0 radical (unpaired) electrons. The molecule has 1 heterocycles. The van der Waals surface area contributed by atoms with Crippen LogP contribution in [0, 0.1) is 0 Å². The zero-order chi connectivity index (χ0) is 19.5. The zero-order valence-corrected chi connectivity index (χ0v) is 16.2.